The van der Waals surface area contributed by atoms with Crippen LogP contribution < -0.4 is 4.74 Å². The third-order valence-electron chi connectivity index (χ3n) is 5.37. The van der Waals surface area contributed by atoms with Crippen LogP contribution in [0.15, 0.2) is 89.7 Å². The van der Waals surface area contributed by atoms with Gasteiger partial charge in [-0.2, -0.15) is 0 Å². The second kappa shape index (κ2) is 8.36. The zero-order chi connectivity index (χ0) is 22.1. The highest BCUT2D eigenvalue weighted by molar-refractivity contribution is 6.30. The molecule has 0 bridgehead atoms. The summed E-state index contributed by atoms with van der Waals surface area (Å²) in [7, 11) is 1.61. The van der Waals surface area contributed by atoms with Crippen molar-refractivity contribution in [1.82, 2.24) is 9.55 Å². The van der Waals surface area contributed by atoms with Crippen molar-refractivity contribution >= 4 is 28.3 Å². The van der Waals surface area contributed by atoms with Crippen molar-refractivity contribution in [2.75, 3.05) is 7.11 Å². The van der Waals surface area contributed by atoms with E-state index in [0.717, 1.165) is 22.0 Å². The highest BCUT2D eigenvalue weighted by atomic mass is 35.5. The third-order valence-corrected chi connectivity index (χ3v) is 5.63. The molecule has 2 aromatic carbocycles. The highest BCUT2D eigenvalue weighted by Gasteiger charge is 2.21. The lowest BCUT2D eigenvalue weighted by atomic mass is 10.1. The first kappa shape index (κ1) is 20.1. The molecule has 5 nitrogen and oxygen atoms in total. The summed E-state index contributed by atoms with van der Waals surface area (Å²) in [5.74, 6) is 1.38. The maximum atomic E-state index is 13.4. The summed E-state index contributed by atoms with van der Waals surface area (Å²) in [5, 5.41) is 1.50. The molecule has 0 aliphatic carbocycles. The Morgan fingerprint density at radius 2 is 1.94 bits per heavy atom. The van der Waals surface area contributed by atoms with Gasteiger partial charge < -0.3 is 13.7 Å². The first-order chi connectivity index (χ1) is 15.6. The number of hydrogen-bond donors (Lipinski definition) is 0. The van der Waals surface area contributed by atoms with Crippen LogP contribution in [0.4, 0.5) is 0 Å². The molecule has 0 N–H and O–H groups in total. The minimum Gasteiger partial charge on any atom is -0.497 e. The summed E-state index contributed by atoms with van der Waals surface area (Å²) in [6, 6.07) is 20.6. The fraction of sp³-hybridized carbons (Fsp3) is 0.0769. The van der Waals surface area contributed by atoms with E-state index in [2.05, 4.69) is 9.55 Å². The number of nitrogens with zero attached hydrogens (tertiary/aromatic N) is 2. The fourth-order valence-electron chi connectivity index (χ4n) is 3.76. The van der Waals surface area contributed by atoms with Gasteiger partial charge in [-0.05, 0) is 60.2 Å². The lowest BCUT2D eigenvalue weighted by Crippen LogP contribution is -2.00. The predicted molar refractivity (Wildman–Crippen MR) is 124 cm³/mol. The van der Waals surface area contributed by atoms with Crippen LogP contribution in [-0.2, 0) is 6.54 Å². The number of carbonyl (C=O) groups excluding carboxylic acids is 1. The van der Waals surface area contributed by atoms with Crippen LogP contribution in [0.3, 0.4) is 0 Å². The largest absolute Gasteiger partial charge is 0.497 e. The van der Waals surface area contributed by atoms with E-state index in [1.165, 1.54) is 0 Å². The second-order valence-electron chi connectivity index (χ2n) is 7.41. The smallest absolute Gasteiger partial charge is 0.230 e. The zero-order valence-electron chi connectivity index (χ0n) is 17.3. The minimum absolute atomic E-state index is 0.187. The number of aromatic nitrogens is 2. The minimum atomic E-state index is -0.187. The van der Waals surface area contributed by atoms with Crippen LogP contribution in [0.2, 0.25) is 5.02 Å². The molecule has 0 saturated heterocycles. The van der Waals surface area contributed by atoms with Gasteiger partial charge in [-0.1, -0.05) is 23.7 Å². The molecule has 32 heavy (non-hydrogen) atoms. The molecule has 6 heteroatoms. The Kier molecular flexibility index (Phi) is 5.25. The van der Waals surface area contributed by atoms with Gasteiger partial charge in [0.1, 0.15) is 11.5 Å². The lowest BCUT2D eigenvalue weighted by Gasteiger charge is -2.06. The molecular weight excluding hydrogens is 424 g/mol. The zero-order valence-corrected chi connectivity index (χ0v) is 18.0. The van der Waals surface area contributed by atoms with Crippen LogP contribution in [0.5, 0.6) is 5.75 Å². The van der Waals surface area contributed by atoms with E-state index in [0.29, 0.717) is 28.6 Å². The van der Waals surface area contributed by atoms with Gasteiger partial charge >= 0.3 is 0 Å². The van der Waals surface area contributed by atoms with Crippen LogP contribution in [0, 0.1) is 0 Å². The van der Waals surface area contributed by atoms with Gasteiger partial charge in [0.05, 0.1) is 12.7 Å². The molecule has 0 fully saturated rings. The van der Waals surface area contributed by atoms with Gasteiger partial charge in [-0.25, -0.2) is 0 Å². The molecule has 5 rings (SSSR count). The normalized spacial score (nSPS) is 11.1. The molecular formula is C26H19ClN2O3. The molecule has 0 radical (unpaired) electrons. The predicted octanol–water partition coefficient (Wildman–Crippen LogP) is 6.24. The number of pyridine rings is 1. The van der Waals surface area contributed by atoms with Crippen molar-refractivity contribution in [2.24, 2.45) is 0 Å². The Morgan fingerprint density at radius 3 is 2.69 bits per heavy atom. The molecule has 0 aliphatic heterocycles. The van der Waals surface area contributed by atoms with E-state index in [9.17, 15) is 4.79 Å². The molecule has 3 aromatic heterocycles. The molecule has 0 unspecified atom stereocenters. The maximum absolute atomic E-state index is 13.4. The van der Waals surface area contributed by atoms with Gasteiger partial charge in [-0.15, -0.1) is 0 Å². The average Bonchev–Trinajstić information content (AvgIpc) is 3.46. The van der Waals surface area contributed by atoms with Crippen LogP contribution >= 0.6 is 11.6 Å². The number of rotatable bonds is 6. The molecule has 5 aromatic rings. The lowest BCUT2D eigenvalue weighted by molar-refractivity contribution is 0.101. The van der Waals surface area contributed by atoms with E-state index in [1.54, 1.807) is 31.6 Å². The molecule has 0 atom stereocenters. The van der Waals surface area contributed by atoms with Crippen LogP contribution in [0.25, 0.3) is 22.2 Å². The number of halogens is 1. The summed E-state index contributed by atoms with van der Waals surface area (Å²) in [5.41, 5.74) is 3.39. The van der Waals surface area contributed by atoms with Crippen molar-refractivity contribution in [3.8, 4) is 17.1 Å². The molecule has 0 saturated carbocycles. The van der Waals surface area contributed by atoms with Crippen LogP contribution in [0.1, 0.15) is 21.7 Å². The number of methoxy groups -OCH3 is 1. The summed E-state index contributed by atoms with van der Waals surface area (Å²) >= 11 is 6.02. The number of benzene rings is 2. The Bertz CT molecular complexity index is 1400. The maximum Gasteiger partial charge on any atom is 0.230 e. The molecule has 0 spiro atoms. The van der Waals surface area contributed by atoms with Gasteiger partial charge in [0.25, 0.3) is 0 Å². The van der Waals surface area contributed by atoms with E-state index in [1.807, 2.05) is 60.8 Å². The molecule has 158 valence electrons. The highest BCUT2D eigenvalue weighted by Crippen LogP contribution is 2.30. The Morgan fingerprint density at radius 1 is 1.09 bits per heavy atom. The van der Waals surface area contributed by atoms with Crippen molar-refractivity contribution in [3.63, 3.8) is 0 Å². The quantitative estimate of drug-likeness (QED) is 0.292. The molecule has 0 aliphatic rings. The first-order valence-electron chi connectivity index (χ1n) is 10.1. The third kappa shape index (κ3) is 3.79. The Hall–Kier alpha value is -3.83. The summed E-state index contributed by atoms with van der Waals surface area (Å²) in [4.78, 5) is 17.5. The average molecular weight is 443 g/mol. The van der Waals surface area contributed by atoms with Crippen molar-refractivity contribution in [3.05, 3.63) is 107 Å². The van der Waals surface area contributed by atoms with E-state index < -0.39 is 0 Å². The van der Waals surface area contributed by atoms with E-state index >= 15 is 0 Å². The van der Waals surface area contributed by atoms with Gasteiger partial charge in [0, 0.05) is 46.6 Å². The number of hydrogen-bond acceptors (Lipinski definition) is 4. The van der Waals surface area contributed by atoms with Crippen molar-refractivity contribution < 1.29 is 13.9 Å². The number of ketones is 1. The summed E-state index contributed by atoms with van der Waals surface area (Å²) in [6.45, 7) is 0.604. The monoisotopic (exact) mass is 442 g/mol. The van der Waals surface area contributed by atoms with Crippen molar-refractivity contribution in [1.29, 1.82) is 0 Å². The van der Waals surface area contributed by atoms with Crippen molar-refractivity contribution in [2.45, 2.75) is 6.54 Å². The van der Waals surface area contributed by atoms with Gasteiger partial charge in [-0.3, -0.25) is 9.78 Å². The number of fused-ring (bicyclic) bond motifs is 1. The molecule has 0 amide bonds. The number of carbonyl (C=O) groups is 1. The van der Waals surface area contributed by atoms with E-state index in [-0.39, 0.29) is 11.5 Å². The standard InChI is InChI=1S/C26H19ClN2O3/c1-31-20-8-9-23-21(13-20)22(16-29(23)15-17-4-6-19(27)7-5-17)26(30)25-11-10-24(32-25)18-3-2-12-28-14-18/h2-14,16H,15H2,1H3. The molecule has 3 heterocycles. The Balaban J connectivity index is 1.56. The second-order valence-corrected chi connectivity index (χ2v) is 7.85. The van der Waals surface area contributed by atoms with E-state index in [4.69, 9.17) is 20.8 Å². The topological polar surface area (TPSA) is 57.3 Å². The SMILES string of the molecule is COc1ccc2c(c1)c(C(=O)c1ccc(-c3cccnc3)o1)cn2Cc1ccc(Cl)cc1. The fourth-order valence-corrected chi connectivity index (χ4v) is 3.88. The van der Waals surface area contributed by atoms with Crippen LogP contribution in [-0.4, -0.2) is 22.4 Å². The Labute approximate surface area is 189 Å². The summed E-state index contributed by atoms with van der Waals surface area (Å²) < 4.78 is 13.3. The first-order valence-corrected chi connectivity index (χ1v) is 10.5. The van der Waals surface area contributed by atoms with Gasteiger partial charge in [0.15, 0.2) is 5.76 Å². The number of ether oxygens (including phenoxy) is 1. The summed E-state index contributed by atoms with van der Waals surface area (Å²) in [6.07, 6.45) is 5.27. The number of furan rings is 1. The van der Waals surface area contributed by atoms with Gasteiger partial charge in [0.2, 0.25) is 5.78 Å².